The predicted octanol–water partition coefficient (Wildman–Crippen LogP) is 1.85. The summed E-state index contributed by atoms with van der Waals surface area (Å²) >= 11 is 0. The Balaban J connectivity index is 2.31. The van der Waals surface area contributed by atoms with Gasteiger partial charge in [-0.15, -0.1) is 0 Å². The van der Waals surface area contributed by atoms with E-state index in [9.17, 15) is 0 Å². The Morgan fingerprint density at radius 3 is 2.80 bits per heavy atom. The van der Waals surface area contributed by atoms with Gasteiger partial charge in [-0.2, -0.15) is 0 Å². The van der Waals surface area contributed by atoms with Crippen molar-refractivity contribution in [3.63, 3.8) is 0 Å². The number of rotatable bonds is 2. The van der Waals surface area contributed by atoms with Gasteiger partial charge in [0.25, 0.3) is 0 Å². The van der Waals surface area contributed by atoms with Crippen molar-refractivity contribution in [2.24, 2.45) is 10.9 Å². The first-order valence-corrected chi connectivity index (χ1v) is 3.85. The minimum atomic E-state index is 0.431. The summed E-state index contributed by atoms with van der Waals surface area (Å²) < 4.78 is 5.22. The summed E-state index contributed by atoms with van der Waals surface area (Å²) in [6, 6.07) is 0.431. The van der Waals surface area contributed by atoms with Crippen molar-refractivity contribution >= 4 is 5.90 Å². The van der Waals surface area contributed by atoms with Gasteiger partial charge in [0.2, 0.25) is 0 Å². The minimum Gasteiger partial charge on any atom is -0.479 e. The van der Waals surface area contributed by atoms with Crippen LogP contribution >= 0.6 is 0 Å². The molecule has 0 bridgehead atoms. The van der Waals surface area contributed by atoms with E-state index in [-0.39, 0.29) is 0 Å². The highest BCUT2D eigenvalue weighted by molar-refractivity contribution is 5.74. The third-order valence-electron chi connectivity index (χ3n) is 1.59. The molecule has 1 rings (SSSR count). The lowest BCUT2D eigenvalue weighted by Gasteiger charge is -2.06. The summed E-state index contributed by atoms with van der Waals surface area (Å²) in [5.41, 5.74) is 0. The van der Waals surface area contributed by atoms with Crippen LogP contribution in [0.15, 0.2) is 4.99 Å². The molecular weight excluding hydrogens is 126 g/mol. The molecule has 0 fully saturated rings. The number of hydrogen-bond acceptors (Lipinski definition) is 2. The average molecular weight is 141 g/mol. The van der Waals surface area contributed by atoms with E-state index in [1.54, 1.807) is 0 Å². The second kappa shape index (κ2) is 3.04. The molecule has 1 atom stereocenters. The quantitative estimate of drug-likeness (QED) is 0.575. The molecular formula is C8H15NO. The van der Waals surface area contributed by atoms with E-state index in [2.05, 4.69) is 18.8 Å². The second-order valence-corrected chi connectivity index (χ2v) is 3.24. The van der Waals surface area contributed by atoms with Crippen molar-refractivity contribution < 1.29 is 4.74 Å². The first-order valence-electron chi connectivity index (χ1n) is 3.85. The molecule has 0 amide bonds. The highest BCUT2D eigenvalue weighted by atomic mass is 16.5. The van der Waals surface area contributed by atoms with Crippen molar-refractivity contribution in [1.82, 2.24) is 0 Å². The zero-order valence-corrected chi connectivity index (χ0v) is 6.92. The van der Waals surface area contributed by atoms with Gasteiger partial charge in [0.15, 0.2) is 5.90 Å². The first-order chi connectivity index (χ1) is 4.68. The van der Waals surface area contributed by atoms with E-state index >= 15 is 0 Å². The van der Waals surface area contributed by atoms with E-state index in [1.165, 1.54) is 0 Å². The van der Waals surface area contributed by atoms with Gasteiger partial charge in [0, 0.05) is 6.92 Å². The Bertz CT molecular complexity index is 140. The molecule has 1 aliphatic heterocycles. The van der Waals surface area contributed by atoms with Crippen LogP contribution in [-0.4, -0.2) is 18.5 Å². The van der Waals surface area contributed by atoms with Gasteiger partial charge in [-0.1, -0.05) is 13.8 Å². The maximum absolute atomic E-state index is 5.22. The molecule has 0 aromatic heterocycles. The third kappa shape index (κ3) is 2.01. The maximum Gasteiger partial charge on any atom is 0.180 e. The lowest BCUT2D eigenvalue weighted by Crippen LogP contribution is -2.09. The molecule has 2 nitrogen and oxygen atoms in total. The lowest BCUT2D eigenvalue weighted by molar-refractivity contribution is 0.299. The molecule has 1 unspecified atom stereocenters. The molecule has 1 heterocycles. The van der Waals surface area contributed by atoms with Crippen molar-refractivity contribution in [2.75, 3.05) is 6.61 Å². The molecule has 2 heteroatoms. The van der Waals surface area contributed by atoms with Gasteiger partial charge < -0.3 is 4.74 Å². The fraction of sp³-hybridized carbons (Fsp3) is 0.875. The monoisotopic (exact) mass is 141 g/mol. The van der Waals surface area contributed by atoms with Crippen LogP contribution in [0.3, 0.4) is 0 Å². The molecule has 0 radical (unpaired) electrons. The fourth-order valence-electron chi connectivity index (χ4n) is 1.21. The summed E-state index contributed by atoms with van der Waals surface area (Å²) in [5, 5.41) is 0. The first kappa shape index (κ1) is 7.58. The number of nitrogens with zero attached hydrogens (tertiary/aromatic N) is 1. The highest BCUT2D eigenvalue weighted by Crippen LogP contribution is 2.13. The van der Waals surface area contributed by atoms with Crippen LogP contribution in [0.4, 0.5) is 0 Å². The molecule has 0 aliphatic carbocycles. The predicted molar refractivity (Wildman–Crippen MR) is 42.3 cm³/mol. The fourth-order valence-corrected chi connectivity index (χ4v) is 1.21. The lowest BCUT2D eigenvalue weighted by atomic mass is 10.1. The molecule has 0 aromatic rings. The van der Waals surface area contributed by atoms with Gasteiger partial charge in [-0.3, -0.25) is 0 Å². The Kier molecular flexibility index (Phi) is 2.30. The Morgan fingerprint density at radius 2 is 2.40 bits per heavy atom. The van der Waals surface area contributed by atoms with Crippen LogP contribution in [0.1, 0.15) is 27.2 Å². The third-order valence-corrected chi connectivity index (χ3v) is 1.59. The van der Waals surface area contributed by atoms with Crippen LogP contribution in [-0.2, 0) is 4.74 Å². The molecule has 1 aliphatic rings. The van der Waals surface area contributed by atoms with E-state index < -0.39 is 0 Å². The molecule has 10 heavy (non-hydrogen) atoms. The summed E-state index contributed by atoms with van der Waals surface area (Å²) in [6.45, 7) is 7.14. The zero-order chi connectivity index (χ0) is 7.56. The number of ether oxygens (including phenoxy) is 1. The SMILES string of the molecule is CC1=NC(CC(C)C)CO1. The number of hydrogen-bond donors (Lipinski definition) is 0. The smallest absolute Gasteiger partial charge is 0.180 e. The summed E-state index contributed by atoms with van der Waals surface area (Å²) in [5.74, 6) is 1.58. The maximum atomic E-state index is 5.22. The van der Waals surface area contributed by atoms with Crippen LogP contribution in [0.2, 0.25) is 0 Å². The van der Waals surface area contributed by atoms with Crippen LogP contribution in [0.5, 0.6) is 0 Å². The van der Waals surface area contributed by atoms with E-state index in [0.29, 0.717) is 6.04 Å². The van der Waals surface area contributed by atoms with E-state index in [4.69, 9.17) is 4.74 Å². The molecule has 0 saturated heterocycles. The van der Waals surface area contributed by atoms with Gasteiger partial charge in [0.1, 0.15) is 6.61 Å². The van der Waals surface area contributed by atoms with Gasteiger partial charge in [-0.05, 0) is 12.3 Å². The molecule has 0 N–H and O–H groups in total. The van der Waals surface area contributed by atoms with Crippen LogP contribution in [0, 0.1) is 5.92 Å². The Morgan fingerprint density at radius 1 is 1.70 bits per heavy atom. The molecule has 0 aromatic carbocycles. The standard InChI is InChI=1S/C8H15NO/c1-6(2)4-8-5-10-7(3)9-8/h6,8H,4-5H2,1-3H3. The topological polar surface area (TPSA) is 21.6 Å². The van der Waals surface area contributed by atoms with Crippen molar-refractivity contribution in [3.05, 3.63) is 0 Å². The highest BCUT2D eigenvalue weighted by Gasteiger charge is 2.16. The molecule has 0 saturated carbocycles. The van der Waals surface area contributed by atoms with Crippen molar-refractivity contribution in [3.8, 4) is 0 Å². The minimum absolute atomic E-state index is 0.431. The van der Waals surface area contributed by atoms with Crippen LogP contribution < -0.4 is 0 Å². The van der Waals surface area contributed by atoms with Crippen molar-refractivity contribution in [1.29, 1.82) is 0 Å². The van der Waals surface area contributed by atoms with E-state index in [1.807, 2.05) is 6.92 Å². The normalized spacial score (nSPS) is 24.8. The van der Waals surface area contributed by atoms with E-state index in [0.717, 1.165) is 24.8 Å². The van der Waals surface area contributed by atoms with Gasteiger partial charge >= 0.3 is 0 Å². The molecule has 0 spiro atoms. The average Bonchev–Trinajstić information content (AvgIpc) is 2.13. The number of aliphatic imine (C=N–C) groups is 1. The summed E-state index contributed by atoms with van der Waals surface area (Å²) in [6.07, 6.45) is 1.15. The zero-order valence-electron chi connectivity index (χ0n) is 6.92. The van der Waals surface area contributed by atoms with Gasteiger partial charge in [-0.25, -0.2) is 4.99 Å². The second-order valence-electron chi connectivity index (χ2n) is 3.24. The summed E-state index contributed by atoms with van der Waals surface area (Å²) in [4.78, 5) is 4.32. The Labute approximate surface area is 62.3 Å². The van der Waals surface area contributed by atoms with Crippen LogP contribution in [0.25, 0.3) is 0 Å². The van der Waals surface area contributed by atoms with Gasteiger partial charge in [0.05, 0.1) is 6.04 Å². The largest absolute Gasteiger partial charge is 0.479 e. The van der Waals surface area contributed by atoms with Crippen molar-refractivity contribution in [2.45, 2.75) is 33.2 Å². The Hall–Kier alpha value is -0.530. The summed E-state index contributed by atoms with van der Waals surface area (Å²) in [7, 11) is 0. The molecule has 58 valence electrons.